The van der Waals surface area contributed by atoms with Crippen molar-refractivity contribution in [3.8, 4) is 5.75 Å². The van der Waals surface area contributed by atoms with Crippen LogP contribution in [0.1, 0.15) is 11.1 Å². The van der Waals surface area contributed by atoms with Gasteiger partial charge >= 0.3 is 0 Å². The Kier molecular flexibility index (Phi) is 4.35. The maximum atomic E-state index is 13.5. The van der Waals surface area contributed by atoms with Crippen molar-refractivity contribution in [3.05, 3.63) is 64.4 Å². The lowest BCUT2D eigenvalue weighted by molar-refractivity contribution is 0.300. The number of benzene rings is 2. The molecule has 19 heavy (non-hydrogen) atoms. The minimum absolute atomic E-state index is 0.0674. The van der Waals surface area contributed by atoms with Gasteiger partial charge in [0.15, 0.2) is 0 Å². The van der Waals surface area contributed by atoms with E-state index in [-0.39, 0.29) is 12.4 Å². The Bertz CT molecular complexity index is 581. The lowest BCUT2D eigenvalue weighted by Gasteiger charge is -2.09. The summed E-state index contributed by atoms with van der Waals surface area (Å²) >= 11 is 10.8. The van der Waals surface area contributed by atoms with Crippen LogP contribution in [0, 0.1) is 5.82 Å². The van der Waals surface area contributed by atoms with Gasteiger partial charge in [-0.25, -0.2) is 4.39 Å². The molecule has 2 N–H and O–H groups in total. The summed E-state index contributed by atoms with van der Waals surface area (Å²) in [6, 6.07) is 11.5. The summed E-state index contributed by atoms with van der Waals surface area (Å²) in [5, 5.41) is 0.347. The topological polar surface area (TPSA) is 35.2 Å². The molecule has 0 saturated heterocycles. The Morgan fingerprint density at radius 3 is 2.47 bits per heavy atom. The number of halogens is 2. The Labute approximate surface area is 120 Å². The molecular formula is C14H11ClFNOS. The van der Waals surface area contributed by atoms with Crippen molar-refractivity contribution >= 4 is 28.8 Å². The average molecular weight is 296 g/mol. The molecule has 0 amide bonds. The van der Waals surface area contributed by atoms with Crippen LogP contribution in [0.4, 0.5) is 4.39 Å². The first-order valence-electron chi connectivity index (χ1n) is 5.53. The van der Waals surface area contributed by atoms with Crippen LogP contribution in [0.15, 0.2) is 42.5 Å². The zero-order valence-corrected chi connectivity index (χ0v) is 11.5. The summed E-state index contributed by atoms with van der Waals surface area (Å²) in [4.78, 5) is 0.323. The van der Waals surface area contributed by atoms with Crippen LogP contribution in [-0.4, -0.2) is 4.99 Å². The van der Waals surface area contributed by atoms with Crippen LogP contribution in [0.3, 0.4) is 0 Å². The molecule has 2 nitrogen and oxygen atoms in total. The van der Waals surface area contributed by atoms with Crippen LogP contribution in [0.5, 0.6) is 5.75 Å². The number of thiocarbonyl (C=S) groups is 1. The van der Waals surface area contributed by atoms with Crippen molar-refractivity contribution in [1.29, 1.82) is 0 Å². The fourth-order valence-electron chi connectivity index (χ4n) is 1.54. The number of rotatable bonds is 4. The maximum Gasteiger partial charge on any atom is 0.131 e. The highest BCUT2D eigenvalue weighted by Crippen LogP contribution is 2.21. The van der Waals surface area contributed by atoms with Crippen molar-refractivity contribution in [1.82, 2.24) is 0 Å². The van der Waals surface area contributed by atoms with Gasteiger partial charge in [0.25, 0.3) is 0 Å². The standard InChI is InChI=1S/C14H11ClFNOS/c15-12-2-1-3-13(16)11(12)8-18-10-6-4-9(5-7-10)14(17)19/h1-7H,8H2,(H2,17,19). The predicted octanol–water partition coefficient (Wildman–Crippen LogP) is 3.69. The summed E-state index contributed by atoms with van der Waals surface area (Å²) in [5.74, 6) is 0.214. The van der Waals surface area contributed by atoms with Crippen LogP contribution in [-0.2, 0) is 6.61 Å². The minimum atomic E-state index is -0.382. The summed E-state index contributed by atoms with van der Waals surface area (Å²) in [5.41, 5.74) is 6.58. The van der Waals surface area contributed by atoms with Crippen LogP contribution in [0.2, 0.25) is 5.02 Å². The van der Waals surface area contributed by atoms with E-state index in [1.54, 1.807) is 36.4 Å². The molecule has 0 atom stereocenters. The van der Waals surface area contributed by atoms with E-state index < -0.39 is 0 Å². The van der Waals surface area contributed by atoms with Gasteiger partial charge in [-0.15, -0.1) is 0 Å². The van der Waals surface area contributed by atoms with Crippen molar-refractivity contribution in [2.24, 2.45) is 5.73 Å². The Hall–Kier alpha value is -1.65. The zero-order chi connectivity index (χ0) is 13.8. The lowest BCUT2D eigenvalue weighted by atomic mass is 10.2. The largest absolute Gasteiger partial charge is 0.489 e. The normalized spacial score (nSPS) is 10.2. The van der Waals surface area contributed by atoms with Gasteiger partial charge in [-0.1, -0.05) is 29.9 Å². The van der Waals surface area contributed by atoms with E-state index in [0.29, 0.717) is 21.3 Å². The average Bonchev–Trinajstić information content (AvgIpc) is 2.38. The van der Waals surface area contributed by atoms with Crippen molar-refractivity contribution in [2.45, 2.75) is 6.61 Å². The second-order valence-corrected chi connectivity index (χ2v) is 4.72. The molecule has 0 bridgehead atoms. The van der Waals surface area contributed by atoms with Gasteiger partial charge < -0.3 is 10.5 Å². The fourth-order valence-corrected chi connectivity index (χ4v) is 1.89. The molecule has 2 aromatic carbocycles. The monoisotopic (exact) mass is 295 g/mol. The molecule has 0 aliphatic carbocycles. The van der Waals surface area contributed by atoms with Gasteiger partial charge in [0.2, 0.25) is 0 Å². The molecule has 0 heterocycles. The van der Waals surface area contributed by atoms with E-state index >= 15 is 0 Å². The van der Waals surface area contributed by atoms with E-state index in [1.807, 2.05) is 0 Å². The van der Waals surface area contributed by atoms with Gasteiger partial charge in [0.1, 0.15) is 23.2 Å². The molecule has 0 spiro atoms. The smallest absolute Gasteiger partial charge is 0.131 e. The van der Waals surface area contributed by atoms with E-state index in [4.69, 9.17) is 34.3 Å². The first kappa shape index (κ1) is 13.8. The molecule has 0 radical (unpaired) electrons. The Balaban J connectivity index is 2.08. The van der Waals surface area contributed by atoms with E-state index in [1.165, 1.54) is 6.07 Å². The number of nitrogens with two attached hydrogens (primary N) is 1. The van der Waals surface area contributed by atoms with Crippen molar-refractivity contribution in [3.63, 3.8) is 0 Å². The summed E-state index contributed by atoms with van der Waals surface area (Å²) in [7, 11) is 0. The SMILES string of the molecule is NC(=S)c1ccc(OCc2c(F)cccc2Cl)cc1. The molecule has 98 valence electrons. The first-order valence-corrected chi connectivity index (χ1v) is 6.32. The molecule has 0 aliphatic rings. The molecule has 2 rings (SSSR count). The van der Waals surface area contributed by atoms with E-state index in [2.05, 4.69) is 0 Å². The second-order valence-electron chi connectivity index (χ2n) is 3.88. The third kappa shape index (κ3) is 3.43. The summed E-state index contributed by atoms with van der Waals surface area (Å²) in [6.07, 6.45) is 0. The van der Waals surface area contributed by atoms with Crippen LogP contribution in [0.25, 0.3) is 0 Å². The zero-order valence-electron chi connectivity index (χ0n) is 9.90. The van der Waals surface area contributed by atoms with Gasteiger partial charge in [-0.05, 0) is 36.4 Å². The molecule has 5 heteroatoms. The summed E-state index contributed by atoms with van der Waals surface area (Å²) < 4.78 is 19.0. The highest BCUT2D eigenvalue weighted by Gasteiger charge is 2.07. The quantitative estimate of drug-likeness (QED) is 0.874. The molecule has 0 fully saturated rings. The maximum absolute atomic E-state index is 13.5. The van der Waals surface area contributed by atoms with Crippen molar-refractivity contribution in [2.75, 3.05) is 0 Å². The number of hydrogen-bond acceptors (Lipinski definition) is 2. The fraction of sp³-hybridized carbons (Fsp3) is 0.0714. The lowest BCUT2D eigenvalue weighted by Crippen LogP contribution is -2.08. The highest BCUT2D eigenvalue weighted by atomic mass is 35.5. The van der Waals surface area contributed by atoms with Gasteiger partial charge in [0.05, 0.1) is 5.02 Å². The first-order chi connectivity index (χ1) is 9.08. The second kappa shape index (κ2) is 5.99. The van der Waals surface area contributed by atoms with Crippen molar-refractivity contribution < 1.29 is 9.13 Å². The molecular weight excluding hydrogens is 285 g/mol. The van der Waals surface area contributed by atoms with Gasteiger partial charge in [-0.3, -0.25) is 0 Å². The molecule has 0 unspecified atom stereocenters. The van der Waals surface area contributed by atoms with Crippen LogP contribution < -0.4 is 10.5 Å². The molecule has 2 aromatic rings. The highest BCUT2D eigenvalue weighted by molar-refractivity contribution is 7.80. The van der Waals surface area contributed by atoms with E-state index in [0.717, 1.165) is 5.56 Å². The van der Waals surface area contributed by atoms with Gasteiger partial charge in [-0.2, -0.15) is 0 Å². The summed E-state index contributed by atoms with van der Waals surface area (Å²) in [6.45, 7) is 0.0674. The van der Waals surface area contributed by atoms with E-state index in [9.17, 15) is 4.39 Å². The predicted molar refractivity (Wildman–Crippen MR) is 78.1 cm³/mol. The number of ether oxygens (including phenoxy) is 1. The molecule has 0 saturated carbocycles. The molecule has 0 aromatic heterocycles. The van der Waals surface area contributed by atoms with Crippen LogP contribution >= 0.6 is 23.8 Å². The Morgan fingerprint density at radius 1 is 1.21 bits per heavy atom. The van der Waals surface area contributed by atoms with Gasteiger partial charge in [0, 0.05) is 11.1 Å². The molecule has 0 aliphatic heterocycles. The Morgan fingerprint density at radius 2 is 1.89 bits per heavy atom. The third-order valence-electron chi connectivity index (χ3n) is 2.58. The minimum Gasteiger partial charge on any atom is -0.489 e. The number of hydrogen-bond donors (Lipinski definition) is 1. The third-order valence-corrected chi connectivity index (χ3v) is 3.17.